The van der Waals surface area contributed by atoms with Crippen LogP contribution >= 0.6 is 22.9 Å². The lowest BCUT2D eigenvalue weighted by molar-refractivity contribution is -0.125. The summed E-state index contributed by atoms with van der Waals surface area (Å²) in [6.45, 7) is 5.87. The van der Waals surface area contributed by atoms with Gasteiger partial charge < -0.3 is 14.6 Å². The molecule has 0 radical (unpaired) electrons. The van der Waals surface area contributed by atoms with E-state index >= 15 is 0 Å². The van der Waals surface area contributed by atoms with Crippen LogP contribution in [0.25, 0.3) is 16.0 Å². The third-order valence-electron chi connectivity index (χ3n) is 5.74. The summed E-state index contributed by atoms with van der Waals surface area (Å²) in [4.78, 5) is 19.9. The highest BCUT2D eigenvalue weighted by atomic mass is 35.5. The van der Waals surface area contributed by atoms with E-state index in [1.807, 2.05) is 54.9 Å². The molecule has 1 atom stereocenters. The van der Waals surface area contributed by atoms with Crippen LogP contribution in [0.1, 0.15) is 30.1 Å². The average Bonchev–Trinajstić information content (AvgIpc) is 3.49. The quantitative estimate of drug-likeness (QED) is 0.451. The lowest BCUT2D eigenvalue weighted by Crippen LogP contribution is -2.42. The fraction of sp³-hybridized carbons (Fsp3) is 0.348. The van der Waals surface area contributed by atoms with Crippen LogP contribution in [0.2, 0.25) is 5.02 Å². The van der Waals surface area contributed by atoms with Gasteiger partial charge in [0.2, 0.25) is 5.91 Å². The minimum Gasteiger partial charge on any atom is -0.465 e. The van der Waals surface area contributed by atoms with Gasteiger partial charge in [-0.05, 0) is 63.1 Å². The first-order valence-corrected chi connectivity index (χ1v) is 11.9. The second-order valence-electron chi connectivity index (χ2n) is 8.14. The molecule has 0 bridgehead atoms. The van der Waals surface area contributed by atoms with Crippen molar-refractivity contribution in [3.8, 4) is 5.69 Å². The smallest absolute Gasteiger partial charge is 0.225 e. The Hall–Kier alpha value is -2.84. The number of aromatic nitrogens is 3. The first-order valence-electron chi connectivity index (χ1n) is 10.7. The summed E-state index contributed by atoms with van der Waals surface area (Å²) >= 11 is 7.67. The maximum atomic E-state index is 12.8. The van der Waals surface area contributed by atoms with Gasteiger partial charge in [-0.15, -0.1) is 0 Å². The highest BCUT2D eigenvalue weighted by Crippen LogP contribution is 2.34. The van der Waals surface area contributed by atoms with E-state index in [1.54, 1.807) is 11.3 Å². The third-order valence-corrected chi connectivity index (χ3v) is 7.21. The first-order chi connectivity index (χ1) is 15.5. The molecule has 5 rings (SSSR count). The summed E-state index contributed by atoms with van der Waals surface area (Å²) in [6.07, 6.45) is 1.83. The number of nitrogens with one attached hydrogen (secondary N) is 1. The molecule has 0 spiro atoms. The fourth-order valence-corrected chi connectivity index (χ4v) is 5.23. The molecule has 166 valence electrons. The van der Waals surface area contributed by atoms with Gasteiger partial charge in [-0.2, -0.15) is 10.1 Å². The largest absolute Gasteiger partial charge is 0.465 e. The van der Waals surface area contributed by atoms with E-state index < -0.39 is 0 Å². The van der Waals surface area contributed by atoms with Gasteiger partial charge in [0.1, 0.15) is 11.5 Å². The first kappa shape index (κ1) is 21.0. The molecule has 0 saturated carbocycles. The van der Waals surface area contributed by atoms with Crippen LogP contribution in [0, 0.1) is 19.8 Å². The van der Waals surface area contributed by atoms with Crippen LogP contribution in [0.3, 0.4) is 0 Å². The van der Waals surface area contributed by atoms with E-state index in [-0.39, 0.29) is 11.8 Å². The number of thiazole rings is 1. The molecule has 1 unspecified atom stereocenters. The van der Waals surface area contributed by atoms with Crippen LogP contribution in [0.15, 0.2) is 40.8 Å². The Morgan fingerprint density at radius 1 is 1.25 bits per heavy atom. The van der Waals surface area contributed by atoms with E-state index in [0.717, 1.165) is 57.8 Å². The number of carbonyl (C=O) groups is 1. The predicted molar refractivity (Wildman–Crippen MR) is 127 cm³/mol. The molecule has 7 nitrogen and oxygen atoms in total. The zero-order chi connectivity index (χ0) is 22.2. The topological polar surface area (TPSA) is 76.2 Å². The normalized spacial score (nSPS) is 16.6. The zero-order valence-corrected chi connectivity index (χ0v) is 19.5. The maximum absolute atomic E-state index is 12.8. The van der Waals surface area contributed by atoms with E-state index in [4.69, 9.17) is 21.0 Å². The molecule has 1 saturated heterocycles. The van der Waals surface area contributed by atoms with Gasteiger partial charge >= 0.3 is 0 Å². The number of fused-ring (bicyclic) bond motifs is 1. The number of carbonyl (C=O) groups excluding carboxylic acids is 1. The molecular formula is C23H24ClN5O2S. The molecule has 32 heavy (non-hydrogen) atoms. The van der Waals surface area contributed by atoms with Crippen molar-refractivity contribution >= 4 is 44.3 Å². The van der Waals surface area contributed by atoms with Gasteiger partial charge in [-0.3, -0.25) is 4.79 Å². The van der Waals surface area contributed by atoms with Crippen LogP contribution < -0.4 is 10.2 Å². The van der Waals surface area contributed by atoms with Crippen molar-refractivity contribution in [1.82, 2.24) is 20.1 Å². The number of hydrogen-bond acceptors (Lipinski definition) is 6. The zero-order valence-electron chi connectivity index (χ0n) is 18.0. The minimum absolute atomic E-state index is 0.0633. The molecule has 4 aromatic rings. The summed E-state index contributed by atoms with van der Waals surface area (Å²) in [5, 5.41) is 9.30. The summed E-state index contributed by atoms with van der Waals surface area (Å²) in [7, 11) is 0. The molecule has 9 heteroatoms. The van der Waals surface area contributed by atoms with E-state index in [2.05, 4.69) is 15.3 Å². The van der Waals surface area contributed by atoms with Crippen LogP contribution in [-0.4, -0.2) is 33.8 Å². The summed E-state index contributed by atoms with van der Waals surface area (Å²) in [5.74, 6) is 1.62. The summed E-state index contributed by atoms with van der Waals surface area (Å²) in [5.41, 5.74) is 2.71. The summed E-state index contributed by atoms with van der Waals surface area (Å²) in [6, 6.07) is 11.4. The highest BCUT2D eigenvalue weighted by Gasteiger charge is 2.28. The molecule has 1 aromatic carbocycles. The highest BCUT2D eigenvalue weighted by molar-refractivity contribution is 7.22. The molecule has 3 aromatic heterocycles. The number of halogens is 1. The van der Waals surface area contributed by atoms with Crippen LogP contribution in [0.4, 0.5) is 5.13 Å². The van der Waals surface area contributed by atoms with Crippen molar-refractivity contribution in [2.45, 2.75) is 33.2 Å². The van der Waals surface area contributed by atoms with Crippen molar-refractivity contribution in [3.05, 3.63) is 58.6 Å². The van der Waals surface area contributed by atoms with Crippen molar-refractivity contribution in [3.63, 3.8) is 0 Å². The Balaban J connectivity index is 1.33. The fourth-order valence-electron chi connectivity index (χ4n) is 4.08. The second-order valence-corrected chi connectivity index (χ2v) is 9.55. The molecule has 1 aliphatic heterocycles. The van der Waals surface area contributed by atoms with Gasteiger partial charge in [-0.1, -0.05) is 22.9 Å². The van der Waals surface area contributed by atoms with Gasteiger partial charge in [0.25, 0.3) is 0 Å². The maximum Gasteiger partial charge on any atom is 0.225 e. The Bertz CT molecular complexity index is 1260. The third kappa shape index (κ3) is 4.12. The monoisotopic (exact) mass is 469 g/mol. The Kier molecular flexibility index (Phi) is 5.65. The van der Waals surface area contributed by atoms with Gasteiger partial charge in [0, 0.05) is 18.1 Å². The number of amides is 1. The van der Waals surface area contributed by atoms with Gasteiger partial charge in [0.05, 0.1) is 28.5 Å². The number of furan rings is 1. The average molecular weight is 470 g/mol. The Morgan fingerprint density at radius 2 is 2.06 bits per heavy atom. The van der Waals surface area contributed by atoms with E-state index in [1.165, 1.54) is 0 Å². The number of piperidine rings is 1. The van der Waals surface area contributed by atoms with Crippen LogP contribution in [-0.2, 0) is 11.3 Å². The lowest BCUT2D eigenvalue weighted by Gasteiger charge is -2.31. The number of anilines is 1. The molecule has 1 fully saturated rings. The van der Waals surface area contributed by atoms with Crippen molar-refractivity contribution in [2.75, 3.05) is 18.0 Å². The number of hydrogen-bond donors (Lipinski definition) is 1. The van der Waals surface area contributed by atoms with E-state index in [9.17, 15) is 4.79 Å². The molecule has 1 N–H and O–H groups in total. The van der Waals surface area contributed by atoms with Crippen molar-refractivity contribution < 1.29 is 9.21 Å². The number of nitrogens with zero attached hydrogens (tertiary/aromatic N) is 4. The number of rotatable bonds is 5. The standard InChI is InChI=1S/C23H24ClN5O2S/c1-14-5-10-19(31-14)12-25-22(30)16-4-3-11-28(13-16)23-26-21-20(32-23)15(2)27-29(21)18-8-6-17(24)7-9-18/h5-10,16H,3-4,11-13H2,1-2H3,(H,25,30). The minimum atomic E-state index is -0.0688. The Morgan fingerprint density at radius 3 is 2.81 bits per heavy atom. The predicted octanol–water partition coefficient (Wildman–Crippen LogP) is 4.88. The van der Waals surface area contributed by atoms with Crippen molar-refractivity contribution in [1.29, 1.82) is 0 Å². The van der Waals surface area contributed by atoms with Crippen LogP contribution in [0.5, 0.6) is 0 Å². The van der Waals surface area contributed by atoms with Gasteiger partial charge in [0.15, 0.2) is 10.8 Å². The molecule has 1 aliphatic rings. The van der Waals surface area contributed by atoms with Crippen molar-refractivity contribution in [2.24, 2.45) is 5.92 Å². The molecule has 4 heterocycles. The molecular weight excluding hydrogens is 446 g/mol. The second kappa shape index (κ2) is 8.60. The summed E-state index contributed by atoms with van der Waals surface area (Å²) < 4.78 is 8.48. The lowest BCUT2D eigenvalue weighted by atomic mass is 9.97. The number of aryl methyl sites for hydroxylation is 2. The van der Waals surface area contributed by atoms with Gasteiger partial charge in [-0.25, -0.2) is 4.68 Å². The number of benzene rings is 1. The SMILES string of the molecule is Cc1ccc(CNC(=O)C2CCCN(c3nc4c(s3)c(C)nn4-c3ccc(Cl)cc3)C2)o1. The Labute approximate surface area is 195 Å². The molecule has 0 aliphatic carbocycles. The molecule has 1 amide bonds. The van der Waals surface area contributed by atoms with E-state index in [0.29, 0.717) is 18.1 Å².